The molecule has 98 valence electrons. The Morgan fingerprint density at radius 3 is 2.68 bits per heavy atom. The first-order valence-electron chi connectivity index (χ1n) is 5.74. The van der Waals surface area contributed by atoms with Crippen molar-refractivity contribution in [1.82, 2.24) is 4.98 Å². The van der Waals surface area contributed by atoms with Gasteiger partial charge in [-0.15, -0.1) is 11.3 Å². The second-order valence-corrected chi connectivity index (χ2v) is 4.79. The van der Waals surface area contributed by atoms with Gasteiger partial charge in [-0.05, 0) is 18.6 Å². The Morgan fingerprint density at radius 2 is 2.00 bits per heavy atom. The number of aryl methyl sites for hydroxylation is 1. The fourth-order valence-electron chi connectivity index (χ4n) is 1.49. The van der Waals surface area contributed by atoms with Crippen molar-refractivity contribution in [2.24, 2.45) is 5.73 Å². The van der Waals surface area contributed by atoms with Gasteiger partial charge < -0.3 is 5.73 Å². The van der Waals surface area contributed by atoms with Crippen molar-refractivity contribution in [3.8, 4) is 0 Å². The number of rotatable bonds is 5. The summed E-state index contributed by atoms with van der Waals surface area (Å²) in [6.07, 6.45) is 0.753. The van der Waals surface area contributed by atoms with Gasteiger partial charge in [-0.25, -0.2) is 4.98 Å². The van der Waals surface area contributed by atoms with Crippen LogP contribution in [0.2, 0.25) is 0 Å². The highest BCUT2D eigenvalue weighted by molar-refractivity contribution is 7.13. The zero-order chi connectivity index (χ0) is 13.7. The number of thiazole rings is 1. The number of carbonyl (C=O) groups excluding carboxylic acids is 2. The van der Waals surface area contributed by atoms with Crippen LogP contribution in [0.1, 0.15) is 22.5 Å². The maximum absolute atomic E-state index is 11.9. The van der Waals surface area contributed by atoms with Gasteiger partial charge in [0.1, 0.15) is 0 Å². The van der Waals surface area contributed by atoms with E-state index in [9.17, 15) is 9.59 Å². The van der Waals surface area contributed by atoms with Crippen molar-refractivity contribution in [3.05, 3.63) is 47.0 Å². The van der Waals surface area contributed by atoms with E-state index in [1.54, 1.807) is 24.3 Å². The summed E-state index contributed by atoms with van der Waals surface area (Å²) >= 11 is 1.33. The number of anilines is 1. The Hall–Kier alpha value is -2.21. The largest absolute Gasteiger partial charge is 0.370 e. The first-order chi connectivity index (χ1) is 9.15. The first-order valence-corrected chi connectivity index (χ1v) is 6.62. The summed E-state index contributed by atoms with van der Waals surface area (Å²) in [7, 11) is 0. The van der Waals surface area contributed by atoms with Crippen molar-refractivity contribution >= 4 is 28.3 Å². The number of aromatic nitrogens is 1. The molecule has 0 saturated heterocycles. The minimum Gasteiger partial charge on any atom is -0.370 e. The van der Waals surface area contributed by atoms with Crippen molar-refractivity contribution < 1.29 is 9.59 Å². The Balaban J connectivity index is 1.96. The molecule has 6 heteroatoms. The molecule has 0 aliphatic carbocycles. The summed E-state index contributed by atoms with van der Waals surface area (Å²) in [4.78, 5) is 26.8. The molecule has 0 aliphatic heterocycles. The number of nitrogens with two attached hydrogens (primary N) is 1. The van der Waals surface area contributed by atoms with Gasteiger partial charge in [0, 0.05) is 17.4 Å². The van der Waals surface area contributed by atoms with E-state index in [2.05, 4.69) is 10.3 Å². The minimum absolute atomic E-state index is 0.198. The highest BCUT2D eigenvalue weighted by Crippen LogP contribution is 2.17. The SMILES string of the molecule is NC(=O)CCc1csc(NC(=O)c2ccccc2)n1. The summed E-state index contributed by atoms with van der Waals surface area (Å²) in [6, 6.07) is 8.92. The van der Waals surface area contributed by atoms with Crippen molar-refractivity contribution in [3.63, 3.8) is 0 Å². The molecule has 0 radical (unpaired) electrons. The van der Waals surface area contributed by atoms with Gasteiger partial charge in [-0.1, -0.05) is 18.2 Å². The van der Waals surface area contributed by atoms with Crippen LogP contribution in [0.25, 0.3) is 0 Å². The van der Waals surface area contributed by atoms with E-state index in [1.807, 2.05) is 11.4 Å². The van der Waals surface area contributed by atoms with Gasteiger partial charge in [0.25, 0.3) is 5.91 Å². The molecule has 1 aromatic heterocycles. The van der Waals surface area contributed by atoms with E-state index in [1.165, 1.54) is 11.3 Å². The van der Waals surface area contributed by atoms with Crippen LogP contribution in [0.5, 0.6) is 0 Å². The molecule has 0 aliphatic rings. The zero-order valence-corrected chi connectivity index (χ0v) is 10.9. The lowest BCUT2D eigenvalue weighted by Gasteiger charge is -2.00. The molecule has 0 fully saturated rings. The van der Waals surface area contributed by atoms with E-state index >= 15 is 0 Å². The van der Waals surface area contributed by atoms with Gasteiger partial charge in [0.05, 0.1) is 5.69 Å². The molecule has 0 spiro atoms. The Morgan fingerprint density at radius 1 is 1.26 bits per heavy atom. The number of nitrogens with one attached hydrogen (secondary N) is 1. The summed E-state index contributed by atoms with van der Waals surface area (Å²) < 4.78 is 0. The van der Waals surface area contributed by atoms with E-state index in [0.717, 1.165) is 5.69 Å². The lowest BCUT2D eigenvalue weighted by atomic mass is 10.2. The second kappa shape index (κ2) is 6.10. The number of amides is 2. The van der Waals surface area contributed by atoms with Crippen LogP contribution in [-0.4, -0.2) is 16.8 Å². The molecule has 1 heterocycles. The number of primary amides is 1. The molecular weight excluding hydrogens is 262 g/mol. The topological polar surface area (TPSA) is 85.1 Å². The van der Waals surface area contributed by atoms with E-state index in [-0.39, 0.29) is 18.2 Å². The quantitative estimate of drug-likeness (QED) is 0.872. The van der Waals surface area contributed by atoms with Crippen LogP contribution in [0, 0.1) is 0 Å². The molecule has 0 saturated carbocycles. The second-order valence-electron chi connectivity index (χ2n) is 3.93. The third-order valence-electron chi connectivity index (χ3n) is 2.44. The van der Waals surface area contributed by atoms with Crippen LogP contribution in [0.3, 0.4) is 0 Å². The normalized spacial score (nSPS) is 10.1. The van der Waals surface area contributed by atoms with Crippen LogP contribution in [-0.2, 0) is 11.2 Å². The number of carbonyl (C=O) groups is 2. The zero-order valence-electron chi connectivity index (χ0n) is 10.1. The Kier molecular flexibility index (Phi) is 4.25. The number of hydrogen-bond acceptors (Lipinski definition) is 4. The van der Waals surface area contributed by atoms with Gasteiger partial charge in [-0.2, -0.15) is 0 Å². The lowest BCUT2D eigenvalue weighted by Crippen LogP contribution is -2.12. The molecule has 0 atom stereocenters. The smallest absolute Gasteiger partial charge is 0.257 e. The van der Waals surface area contributed by atoms with Crippen LogP contribution in [0.4, 0.5) is 5.13 Å². The molecular formula is C13H13N3O2S. The monoisotopic (exact) mass is 275 g/mol. The number of benzene rings is 1. The molecule has 2 amide bonds. The summed E-state index contributed by atoms with van der Waals surface area (Å²) in [5.41, 5.74) is 6.41. The standard InChI is InChI=1S/C13H13N3O2S/c14-11(17)7-6-10-8-19-13(15-10)16-12(18)9-4-2-1-3-5-9/h1-5,8H,6-7H2,(H2,14,17)(H,15,16,18). The first kappa shape index (κ1) is 13.2. The molecule has 3 N–H and O–H groups in total. The average Bonchev–Trinajstić information content (AvgIpc) is 2.85. The third-order valence-corrected chi connectivity index (χ3v) is 3.24. The predicted molar refractivity (Wildman–Crippen MR) is 74.0 cm³/mol. The summed E-state index contributed by atoms with van der Waals surface area (Å²) in [6.45, 7) is 0. The van der Waals surface area contributed by atoms with Crippen molar-refractivity contribution in [2.45, 2.75) is 12.8 Å². The molecule has 0 unspecified atom stereocenters. The molecule has 0 bridgehead atoms. The highest BCUT2D eigenvalue weighted by Gasteiger charge is 2.08. The van der Waals surface area contributed by atoms with Gasteiger partial charge >= 0.3 is 0 Å². The van der Waals surface area contributed by atoms with Crippen LogP contribution >= 0.6 is 11.3 Å². The van der Waals surface area contributed by atoms with E-state index in [4.69, 9.17) is 5.73 Å². The minimum atomic E-state index is -0.358. The number of nitrogens with zero attached hydrogens (tertiary/aromatic N) is 1. The maximum Gasteiger partial charge on any atom is 0.257 e. The third kappa shape index (κ3) is 3.89. The molecule has 5 nitrogen and oxygen atoms in total. The van der Waals surface area contributed by atoms with Gasteiger partial charge in [-0.3, -0.25) is 14.9 Å². The fraction of sp³-hybridized carbons (Fsp3) is 0.154. The fourth-order valence-corrected chi connectivity index (χ4v) is 2.23. The summed E-state index contributed by atoms with van der Waals surface area (Å²) in [5.74, 6) is -0.556. The molecule has 1 aromatic carbocycles. The molecule has 2 rings (SSSR count). The Bertz CT molecular complexity index is 581. The van der Waals surface area contributed by atoms with Crippen LogP contribution < -0.4 is 11.1 Å². The van der Waals surface area contributed by atoms with Crippen molar-refractivity contribution in [2.75, 3.05) is 5.32 Å². The molecule has 19 heavy (non-hydrogen) atoms. The lowest BCUT2D eigenvalue weighted by molar-refractivity contribution is -0.118. The molecule has 2 aromatic rings. The number of hydrogen-bond donors (Lipinski definition) is 2. The van der Waals surface area contributed by atoms with E-state index in [0.29, 0.717) is 17.1 Å². The van der Waals surface area contributed by atoms with Gasteiger partial charge in [0.15, 0.2) is 5.13 Å². The highest BCUT2D eigenvalue weighted by atomic mass is 32.1. The predicted octanol–water partition coefficient (Wildman–Crippen LogP) is 1.81. The van der Waals surface area contributed by atoms with Crippen LogP contribution in [0.15, 0.2) is 35.7 Å². The van der Waals surface area contributed by atoms with Gasteiger partial charge in [0.2, 0.25) is 5.91 Å². The Labute approximate surface area is 114 Å². The average molecular weight is 275 g/mol. The van der Waals surface area contributed by atoms with E-state index < -0.39 is 0 Å². The van der Waals surface area contributed by atoms with Crippen molar-refractivity contribution in [1.29, 1.82) is 0 Å². The summed E-state index contributed by atoms with van der Waals surface area (Å²) in [5, 5.41) is 5.05. The maximum atomic E-state index is 11.9.